The highest BCUT2D eigenvalue weighted by molar-refractivity contribution is 7.10. The number of carbonyl (C=O) groups is 2. The van der Waals surface area contributed by atoms with Crippen molar-refractivity contribution in [3.63, 3.8) is 0 Å². The number of esters is 1. The first-order valence-electron chi connectivity index (χ1n) is 11.2. The summed E-state index contributed by atoms with van der Waals surface area (Å²) in [5.74, 6) is 0.885. The number of fused-ring (bicyclic) bond motifs is 2. The van der Waals surface area contributed by atoms with Gasteiger partial charge in [-0.25, -0.2) is 0 Å². The predicted octanol–water partition coefficient (Wildman–Crippen LogP) is 3.04. The molecule has 5 rings (SSSR count). The van der Waals surface area contributed by atoms with Crippen molar-refractivity contribution in [1.82, 2.24) is 4.57 Å². The Hall–Kier alpha value is -4.19. The Labute approximate surface area is 215 Å². The zero-order valence-electron chi connectivity index (χ0n) is 20.6. The topological polar surface area (TPSA) is 115 Å². The zero-order valence-corrected chi connectivity index (χ0v) is 21.4. The van der Waals surface area contributed by atoms with E-state index in [0.717, 1.165) is 11.3 Å². The van der Waals surface area contributed by atoms with Crippen LogP contribution in [0.5, 0.6) is 28.7 Å². The Kier molecular flexibility index (Phi) is 6.42. The van der Waals surface area contributed by atoms with Gasteiger partial charge in [-0.05, 0) is 18.2 Å². The second kappa shape index (κ2) is 9.69. The van der Waals surface area contributed by atoms with Crippen LogP contribution < -0.4 is 33.5 Å². The molecule has 0 bridgehead atoms. The summed E-state index contributed by atoms with van der Waals surface area (Å²) < 4.78 is 33.8. The molecule has 2 aromatic carbocycles. The molecular formula is C25H24N2O9S. The molecule has 194 valence electrons. The van der Waals surface area contributed by atoms with Crippen molar-refractivity contribution in [3.8, 4) is 28.7 Å². The van der Waals surface area contributed by atoms with Crippen molar-refractivity contribution in [2.24, 2.45) is 0 Å². The average Bonchev–Trinajstić information content (AvgIpc) is 3.52. The van der Waals surface area contributed by atoms with Gasteiger partial charge < -0.3 is 28.4 Å². The first-order chi connectivity index (χ1) is 17.9. The maximum Gasteiger partial charge on any atom is 0.325 e. The lowest BCUT2D eigenvalue weighted by Crippen LogP contribution is -2.36. The fourth-order valence-corrected chi connectivity index (χ4v) is 5.70. The molecule has 0 radical (unpaired) electrons. The summed E-state index contributed by atoms with van der Waals surface area (Å²) in [7, 11) is 5.76. The summed E-state index contributed by atoms with van der Waals surface area (Å²) in [6, 6.07) is 8.65. The molecule has 37 heavy (non-hydrogen) atoms. The molecule has 0 saturated carbocycles. The standard InChI is InChI=1S/C25H24N2O9S/c1-31-14-7-5-6-13(8-14)27-18(28)10-16(23-24(27)26(25(30)37-23)11-19(29)33-3)15-9-17(32-2)21-22(20(15)34-4)36-12-35-21/h5-9,16H,10-12H2,1-4H3. The molecule has 1 aromatic heterocycles. The molecule has 0 spiro atoms. The molecule has 1 amide bonds. The van der Waals surface area contributed by atoms with E-state index >= 15 is 0 Å². The molecule has 0 aliphatic carbocycles. The van der Waals surface area contributed by atoms with Crippen LogP contribution in [0, 0.1) is 0 Å². The normalized spacial score (nSPS) is 15.8. The Morgan fingerprint density at radius 1 is 1.05 bits per heavy atom. The van der Waals surface area contributed by atoms with Gasteiger partial charge in [0.25, 0.3) is 0 Å². The summed E-state index contributed by atoms with van der Waals surface area (Å²) in [5.41, 5.74) is 1.09. The summed E-state index contributed by atoms with van der Waals surface area (Å²) in [4.78, 5) is 40.8. The minimum absolute atomic E-state index is 0.00713. The van der Waals surface area contributed by atoms with Crippen LogP contribution in [0.3, 0.4) is 0 Å². The minimum Gasteiger partial charge on any atom is -0.497 e. The third-order valence-corrected chi connectivity index (χ3v) is 7.35. The number of aromatic nitrogens is 1. The molecule has 12 heteroatoms. The number of hydrogen-bond donors (Lipinski definition) is 0. The van der Waals surface area contributed by atoms with Gasteiger partial charge in [0.2, 0.25) is 24.2 Å². The molecule has 3 heterocycles. The number of benzene rings is 2. The number of ether oxygens (including phenoxy) is 6. The van der Waals surface area contributed by atoms with Crippen LogP contribution in [0.1, 0.15) is 22.8 Å². The summed E-state index contributed by atoms with van der Waals surface area (Å²) in [6.45, 7) is -0.365. The van der Waals surface area contributed by atoms with E-state index in [9.17, 15) is 14.4 Å². The van der Waals surface area contributed by atoms with Gasteiger partial charge >= 0.3 is 10.8 Å². The maximum atomic E-state index is 13.8. The number of nitrogens with zero attached hydrogens (tertiary/aromatic N) is 2. The van der Waals surface area contributed by atoms with Crippen LogP contribution in [0.15, 0.2) is 35.1 Å². The Morgan fingerprint density at radius 3 is 2.54 bits per heavy atom. The highest BCUT2D eigenvalue weighted by atomic mass is 32.1. The first kappa shape index (κ1) is 24.5. The number of carbonyl (C=O) groups excluding carboxylic acids is 2. The van der Waals surface area contributed by atoms with Gasteiger partial charge in [-0.15, -0.1) is 0 Å². The predicted molar refractivity (Wildman–Crippen MR) is 133 cm³/mol. The quantitative estimate of drug-likeness (QED) is 0.427. The van der Waals surface area contributed by atoms with E-state index in [2.05, 4.69) is 0 Å². The van der Waals surface area contributed by atoms with Crippen LogP contribution >= 0.6 is 11.3 Å². The van der Waals surface area contributed by atoms with E-state index in [-0.39, 0.29) is 31.5 Å². The van der Waals surface area contributed by atoms with Crippen molar-refractivity contribution in [1.29, 1.82) is 0 Å². The van der Waals surface area contributed by atoms with Gasteiger partial charge in [0.05, 0.1) is 39.0 Å². The second-order valence-electron chi connectivity index (χ2n) is 8.17. The van der Waals surface area contributed by atoms with Gasteiger partial charge in [-0.3, -0.25) is 23.9 Å². The Morgan fingerprint density at radius 2 is 1.84 bits per heavy atom. The van der Waals surface area contributed by atoms with Gasteiger partial charge in [0.1, 0.15) is 18.1 Å². The van der Waals surface area contributed by atoms with Gasteiger partial charge in [0.15, 0.2) is 11.5 Å². The lowest BCUT2D eigenvalue weighted by molar-refractivity contribution is -0.141. The number of anilines is 2. The molecule has 0 fully saturated rings. The molecule has 0 N–H and O–H groups in total. The van der Waals surface area contributed by atoms with Crippen LogP contribution in [-0.4, -0.2) is 51.7 Å². The lowest BCUT2D eigenvalue weighted by atomic mass is 9.89. The van der Waals surface area contributed by atoms with Crippen molar-refractivity contribution in [3.05, 3.63) is 50.4 Å². The van der Waals surface area contributed by atoms with E-state index in [1.54, 1.807) is 30.3 Å². The average molecular weight is 529 g/mol. The molecule has 1 atom stereocenters. The second-order valence-corrected chi connectivity index (χ2v) is 9.16. The van der Waals surface area contributed by atoms with E-state index < -0.39 is 16.8 Å². The molecule has 2 aliphatic heterocycles. The fraction of sp³-hybridized carbons (Fsp3) is 0.320. The third kappa shape index (κ3) is 4.02. The SMILES string of the molecule is COC(=O)Cn1c2c(sc1=O)C(c1cc(OC)c3c(c1OC)OCO3)CC(=O)N2c1cccc(OC)c1. The molecular weight excluding hydrogens is 504 g/mol. The van der Waals surface area contributed by atoms with E-state index in [1.165, 1.54) is 37.9 Å². The van der Waals surface area contributed by atoms with Gasteiger partial charge in [-0.1, -0.05) is 17.4 Å². The number of rotatable bonds is 7. The van der Waals surface area contributed by atoms with Crippen LogP contribution in [0.2, 0.25) is 0 Å². The van der Waals surface area contributed by atoms with Gasteiger partial charge in [0, 0.05) is 24.0 Å². The molecule has 0 saturated heterocycles. The van der Waals surface area contributed by atoms with Crippen LogP contribution in [-0.2, 0) is 20.9 Å². The minimum atomic E-state index is -0.620. The highest BCUT2D eigenvalue weighted by Gasteiger charge is 2.41. The van der Waals surface area contributed by atoms with E-state index in [4.69, 9.17) is 28.4 Å². The molecule has 1 unspecified atom stereocenters. The Balaban J connectivity index is 1.74. The number of thiazole rings is 1. The zero-order chi connectivity index (χ0) is 26.3. The van der Waals surface area contributed by atoms with Gasteiger partial charge in [-0.2, -0.15) is 0 Å². The molecule has 11 nitrogen and oxygen atoms in total. The van der Waals surface area contributed by atoms with Crippen molar-refractivity contribution in [2.75, 3.05) is 40.1 Å². The fourth-order valence-electron chi connectivity index (χ4n) is 4.60. The summed E-state index contributed by atoms with van der Waals surface area (Å²) >= 11 is 0.955. The van der Waals surface area contributed by atoms with E-state index in [1.807, 2.05) is 0 Å². The lowest BCUT2D eigenvalue weighted by Gasteiger charge is -2.33. The molecule has 3 aromatic rings. The van der Waals surface area contributed by atoms with E-state index in [0.29, 0.717) is 44.9 Å². The monoisotopic (exact) mass is 528 g/mol. The smallest absolute Gasteiger partial charge is 0.325 e. The van der Waals surface area contributed by atoms with Crippen molar-refractivity contribution >= 4 is 34.7 Å². The number of methoxy groups -OCH3 is 4. The summed E-state index contributed by atoms with van der Waals surface area (Å²) in [6.07, 6.45) is 0.0154. The van der Waals surface area contributed by atoms with Crippen LogP contribution in [0.4, 0.5) is 11.5 Å². The van der Waals surface area contributed by atoms with Crippen molar-refractivity contribution in [2.45, 2.75) is 18.9 Å². The Bertz CT molecular complexity index is 1440. The third-order valence-electron chi connectivity index (χ3n) is 6.27. The highest BCUT2D eigenvalue weighted by Crippen LogP contribution is 2.55. The van der Waals surface area contributed by atoms with Crippen LogP contribution in [0.25, 0.3) is 0 Å². The number of hydrogen-bond acceptors (Lipinski definition) is 10. The summed E-state index contributed by atoms with van der Waals surface area (Å²) in [5, 5.41) is 0. The maximum absolute atomic E-state index is 13.8. The molecule has 2 aliphatic rings. The largest absolute Gasteiger partial charge is 0.497 e. The van der Waals surface area contributed by atoms with Crippen molar-refractivity contribution < 1.29 is 38.0 Å². The number of amides is 1. The first-order valence-corrected chi connectivity index (χ1v) is 12.0.